The molecule has 1 aromatic heterocycles. The summed E-state index contributed by atoms with van der Waals surface area (Å²) in [5.41, 5.74) is 2.84. The molecule has 1 aliphatic carbocycles. The second-order valence-corrected chi connectivity index (χ2v) is 6.11. The number of nitrogens with zero attached hydrogens (tertiary/aromatic N) is 1. The lowest BCUT2D eigenvalue weighted by molar-refractivity contribution is 0.0601. The Labute approximate surface area is 122 Å². The summed E-state index contributed by atoms with van der Waals surface area (Å²) in [5.74, 6) is -0.301. The molecule has 3 rings (SSSR count). The molecule has 1 heterocycles. The molecule has 20 heavy (non-hydrogen) atoms. The molecule has 0 atom stereocenters. The highest BCUT2D eigenvalue weighted by molar-refractivity contribution is 7.15. The number of hydrogen-bond donors (Lipinski definition) is 0. The van der Waals surface area contributed by atoms with E-state index in [-0.39, 0.29) is 5.97 Å². The maximum Gasteiger partial charge on any atom is 0.337 e. The zero-order valence-corrected chi connectivity index (χ0v) is 12.3. The Morgan fingerprint density at radius 2 is 2.10 bits per heavy atom. The van der Waals surface area contributed by atoms with Crippen LogP contribution >= 0.6 is 11.3 Å². The summed E-state index contributed by atoms with van der Waals surface area (Å²) in [7, 11) is 1.40. The molecule has 0 unspecified atom stereocenters. The molecule has 0 saturated carbocycles. The highest BCUT2D eigenvalue weighted by atomic mass is 32.1. The summed E-state index contributed by atoms with van der Waals surface area (Å²) >= 11 is 1.77. The van der Waals surface area contributed by atoms with E-state index in [1.807, 2.05) is 18.2 Å². The van der Waals surface area contributed by atoms with Crippen LogP contribution in [0.3, 0.4) is 0 Å². The monoisotopic (exact) mass is 287 g/mol. The Bertz CT molecular complexity index is 610. The molecule has 1 aromatic carbocycles. The molecule has 0 bridgehead atoms. The van der Waals surface area contributed by atoms with Crippen LogP contribution in [0.2, 0.25) is 0 Å². The smallest absolute Gasteiger partial charge is 0.337 e. The Morgan fingerprint density at radius 3 is 2.95 bits per heavy atom. The number of methoxy groups -OCH3 is 1. The number of thiazole rings is 1. The van der Waals surface area contributed by atoms with Gasteiger partial charge in [-0.25, -0.2) is 9.78 Å². The number of fused-ring (bicyclic) bond motifs is 1. The fourth-order valence-electron chi connectivity index (χ4n) is 2.55. The molecule has 3 nitrogen and oxygen atoms in total. The fourth-order valence-corrected chi connectivity index (χ4v) is 3.70. The van der Waals surface area contributed by atoms with Crippen molar-refractivity contribution in [2.24, 2.45) is 0 Å². The molecule has 0 spiro atoms. The lowest BCUT2D eigenvalue weighted by Crippen LogP contribution is -2.00. The minimum atomic E-state index is -0.301. The minimum Gasteiger partial charge on any atom is -0.465 e. The highest BCUT2D eigenvalue weighted by Crippen LogP contribution is 2.32. The van der Waals surface area contributed by atoms with Gasteiger partial charge in [0.2, 0.25) is 0 Å². The standard InChI is InChI=1S/C16H17NO2S/c1-19-16(18)12-7-5-6-11(10-12)15-17-13-8-3-2-4-9-14(13)20-15/h5-7,10H,2-4,8-9H2,1H3. The second-order valence-electron chi connectivity index (χ2n) is 5.02. The number of carbonyl (C=O) groups is 1. The molecular formula is C16H17NO2S. The fraction of sp³-hybridized carbons (Fsp3) is 0.375. The number of carbonyl (C=O) groups excluding carboxylic acids is 1. The Morgan fingerprint density at radius 1 is 1.25 bits per heavy atom. The van der Waals surface area contributed by atoms with E-state index in [1.54, 1.807) is 17.4 Å². The van der Waals surface area contributed by atoms with Crippen molar-refractivity contribution in [3.05, 3.63) is 40.4 Å². The lowest BCUT2D eigenvalue weighted by Gasteiger charge is -2.01. The van der Waals surface area contributed by atoms with Crippen molar-refractivity contribution in [3.8, 4) is 10.6 Å². The van der Waals surface area contributed by atoms with Gasteiger partial charge in [-0.1, -0.05) is 18.6 Å². The molecule has 0 N–H and O–H groups in total. The van der Waals surface area contributed by atoms with Gasteiger partial charge in [0, 0.05) is 10.4 Å². The van der Waals surface area contributed by atoms with Crippen LogP contribution in [0.15, 0.2) is 24.3 Å². The van der Waals surface area contributed by atoms with Crippen LogP contribution in [0.4, 0.5) is 0 Å². The first-order valence-electron chi connectivity index (χ1n) is 6.95. The van der Waals surface area contributed by atoms with Crippen LogP contribution in [0.5, 0.6) is 0 Å². The normalized spacial score (nSPS) is 14.4. The number of aryl methyl sites for hydroxylation is 2. The highest BCUT2D eigenvalue weighted by Gasteiger charge is 2.15. The molecular weight excluding hydrogens is 270 g/mol. The Balaban J connectivity index is 1.95. The van der Waals surface area contributed by atoms with Gasteiger partial charge in [0.25, 0.3) is 0 Å². The molecule has 4 heteroatoms. The Kier molecular flexibility index (Phi) is 3.83. The predicted molar refractivity (Wildman–Crippen MR) is 80.1 cm³/mol. The zero-order chi connectivity index (χ0) is 13.9. The summed E-state index contributed by atoms with van der Waals surface area (Å²) in [5, 5.41) is 1.02. The van der Waals surface area contributed by atoms with E-state index in [1.165, 1.54) is 36.9 Å². The van der Waals surface area contributed by atoms with E-state index < -0.39 is 0 Å². The van der Waals surface area contributed by atoms with E-state index in [0.717, 1.165) is 23.4 Å². The summed E-state index contributed by atoms with van der Waals surface area (Å²) in [6, 6.07) is 7.52. The van der Waals surface area contributed by atoms with Crippen molar-refractivity contribution in [1.82, 2.24) is 4.98 Å². The van der Waals surface area contributed by atoms with E-state index in [4.69, 9.17) is 9.72 Å². The lowest BCUT2D eigenvalue weighted by atomic mass is 10.1. The van der Waals surface area contributed by atoms with Crippen molar-refractivity contribution in [2.75, 3.05) is 7.11 Å². The number of ether oxygens (including phenoxy) is 1. The molecule has 1 aliphatic rings. The van der Waals surface area contributed by atoms with Crippen molar-refractivity contribution < 1.29 is 9.53 Å². The van der Waals surface area contributed by atoms with Crippen LogP contribution in [0.25, 0.3) is 10.6 Å². The van der Waals surface area contributed by atoms with Crippen LogP contribution in [-0.2, 0) is 17.6 Å². The van der Waals surface area contributed by atoms with Crippen molar-refractivity contribution in [2.45, 2.75) is 32.1 Å². The topological polar surface area (TPSA) is 39.2 Å². The number of rotatable bonds is 2. The van der Waals surface area contributed by atoms with Gasteiger partial charge in [0.1, 0.15) is 5.01 Å². The predicted octanol–water partition coefficient (Wildman–Crippen LogP) is 3.87. The maximum atomic E-state index is 11.6. The summed E-state index contributed by atoms with van der Waals surface area (Å²) in [6.45, 7) is 0. The molecule has 2 aromatic rings. The Hall–Kier alpha value is -1.68. The van der Waals surface area contributed by atoms with Gasteiger partial charge in [-0.05, 0) is 37.8 Å². The van der Waals surface area contributed by atoms with Gasteiger partial charge < -0.3 is 4.74 Å². The summed E-state index contributed by atoms with van der Waals surface area (Å²) in [6.07, 6.45) is 6.03. The molecule has 0 saturated heterocycles. The second kappa shape index (κ2) is 5.75. The van der Waals surface area contributed by atoms with E-state index in [2.05, 4.69) is 0 Å². The quantitative estimate of drug-likeness (QED) is 0.622. The molecule has 0 amide bonds. The van der Waals surface area contributed by atoms with Crippen molar-refractivity contribution in [1.29, 1.82) is 0 Å². The van der Waals surface area contributed by atoms with Gasteiger partial charge in [0.15, 0.2) is 0 Å². The summed E-state index contributed by atoms with van der Waals surface area (Å²) < 4.78 is 4.77. The van der Waals surface area contributed by atoms with E-state index in [9.17, 15) is 4.79 Å². The molecule has 104 valence electrons. The third-order valence-electron chi connectivity index (χ3n) is 3.63. The summed E-state index contributed by atoms with van der Waals surface area (Å²) in [4.78, 5) is 17.8. The molecule has 0 fully saturated rings. The van der Waals surface area contributed by atoms with Gasteiger partial charge in [-0.3, -0.25) is 0 Å². The molecule has 0 radical (unpaired) electrons. The van der Waals surface area contributed by atoms with Gasteiger partial charge in [0.05, 0.1) is 18.4 Å². The average molecular weight is 287 g/mol. The third kappa shape index (κ3) is 2.61. The first-order valence-corrected chi connectivity index (χ1v) is 7.77. The van der Waals surface area contributed by atoms with Crippen molar-refractivity contribution in [3.63, 3.8) is 0 Å². The van der Waals surface area contributed by atoms with Crippen LogP contribution in [-0.4, -0.2) is 18.1 Å². The largest absolute Gasteiger partial charge is 0.465 e. The number of hydrogen-bond acceptors (Lipinski definition) is 4. The van der Waals surface area contributed by atoms with Gasteiger partial charge >= 0.3 is 5.97 Å². The van der Waals surface area contributed by atoms with Crippen molar-refractivity contribution >= 4 is 17.3 Å². The van der Waals surface area contributed by atoms with Gasteiger partial charge in [-0.2, -0.15) is 0 Å². The zero-order valence-electron chi connectivity index (χ0n) is 11.5. The third-order valence-corrected chi connectivity index (χ3v) is 4.83. The SMILES string of the molecule is COC(=O)c1cccc(-c2nc3c(s2)CCCCC3)c1. The minimum absolute atomic E-state index is 0.301. The first-order chi connectivity index (χ1) is 9.78. The average Bonchev–Trinajstić information content (AvgIpc) is 2.78. The van der Waals surface area contributed by atoms with Gasteiger partial charge in [-0.15, -0.1) is 11.3 Å². The van der Waals surface area contributed by atoms with Crippen LogP contribution < -0.4 is 0 Å². The van der Waals surface area contributed by atoms with Crippen LogP contribution in [0, 0.1) is 0 Å². The first kappa shape index (κ1) is 13.3. The number of esters is 1. The van der Waals surface area contributed by atoms with E-state index >= 15 is 0 Å². The maximum absolute atomic E-state index is 11.6. The van der Waals surface area contributed by atoms with Crippen LogP contribution in [0.1, 0.15) is 40.2 Å². The number of benzene rings is 1. The molecule has 0 aliphatic heterocycles. The van der Waals surface area contributed by atoms with E-state index in [0.29, 0.717) is 5.56 Å². The number of aromatic nitrogens is 1.